The Labute approximate surface area is 478 Å². The maximum atomic E-state index is 12.9. The summed E-state index contributed by atoms with van der Waals surface area (Å²) in [6, 6.07) is 0. The number of carbonyl (C=O) groups is 3. The lowest BCUT2D eigenvalue weighted by molar-refractivity contribution is -0.167. The molecule has 77 heavy (non-hydrogen) atoms. The van der Waals surface area contributed by atoms with Crippen molar-refractivity contribution in [1.82, 2.24) is 0 Å². The average Bonchev–Trinajstić information content (AvgIpc) is 3.43. The third-order valence-electron chi connectivity index (χ3n) is 14.7. The van der Waals surface area contributed by atoms with E-state index in [1.165, 1.54) is 193 Å². The van der Waals surface area contributed by atoms with Gasteiger partial charge < -0.3 is 14.2 Å². The number of ether oxygens (including phenoxy) is 3. The van der Waals surface area contributed by atoms with Crippen molar-refractivity contribution in [3.63, 3.8) is 0 Å². The predicted molar refractivity (Wildman–Crippen MR) is 335 cm³/mol. The molecule has 0 aliphatic rings. The third kappa shape index (κ3) is 63.6. The van der Waals surface area contributed by atoms with Crippen LogP contribution >= 0.6 is 0 Å². The molecular weight excluding hydrogens is 949 g/mol. The first-order chi connectivity index (χ1) is 38.0. The van der Waals surface area contributed by atoms with E-state index in [1.807, 2.05) is 0 Å². The largest absolute Gasteiger partial charge is 0.462 e. The standard InChI is InChI=1S/C71H126O6/c1-4-7-10-13-16-19-22-25-28-30-32-34-35-37-38-40-43-46-49-52-55-58-61-64-70(73)76-67-68(66-75-69(72)63-60-57-54-51-48-45-42-27-24-21-18-15-12-9-6-3)77-71(74)65-62-59-56-53-50-47-44-41-39-36-33-31-29-26-23-20-17-14-11-8-5-2/h8,11,17,20,26,29-30,32-33,36,41,44,68H,4-7,9-10,12-16,18-19,21-25,27-28,31,34-35,37-40,42-43,45-67H2,1-3H3/b11-8-,20-17-,29-26-,32-30-,36-33-,44-41-. The molecule has 0 radical (unpaired) electrons. The molecule has 0 aromatic heterocycles. The van der Waals surface area contributed by atoms with Crippen LogP contribution in [0.4, 0.5) is 0 Å². The molecule has 0 bridgehead atoms. The monoisotopic (exact) mass is 1070 g/mol. The lowest BCUT2D eigenvalue weighted by Gasteiger charge is -2.18. The van der Waals surface area contributed by atoms with Crippen LogP contribution in [0.25, 0.3) is 0 Å². The Bertz CT molecular complexity index is 1420. The van der Waals surface area contributed by atoms with Crippen molar-refractivity contribution in [3.8, 4) is 0 Å². The Kier molecular flexibility index (Phi) is 62.7. The Morgan fingerprint density at radius 2 is 0.506 bits per heavy atom. The summed E-state index contributed by atoms with van der Waals surface area (Å²) < 4.78 is 17.0. The number of carbonyl (C=O) groups excluding carboxylic acids is 3. The third-order valence-corrected chi connectivity index (χ3v) is 14.7. The molecule has 0 N–H and O–H groups in total. The minimum atomic E-state index is -0.786. The minimum Gasteiger partial charge on any atom is -0.462 e. The van der Waals surface area contributed by atoms with E-state index in [-0.39, 0.29) is 31.1 Å². The second-order valence-corrected chi connectivity index (χ2v) is 22.4. The van der Waals surface area contributed by atoms with Crippen LogP contribution < -0.4 is 0 Å². The van der Waals surface area contributed by atoms with Crippen molar-refractivity contribution in [3.05, 3.63) is 72.9 Å². The summed E-state index contributed by atoms with van der Waals surface area (Å²) in [5, 5.41) is 0. The zero-order valence-electron chi connectivity index (χ0n) is 51.2. The molecule has 0 aromatic carbocycles. The van der Waals surface area contributed by atoms with Crippen molar-refractivity contribution in [2.24, 2.45) is 0 Å². The zero-order valence-corrected chi connectivity index (χ0v) is 51.2. The first kappa shape index (κ1) is 73.8. The first-order valence-electron chi connectivity index (χ1n) is 33.4. The number of allylic oxidation sites excluding steroid dienone is 12. The van der Waals surface area contributed by atoms with Gasteiger partial charge in [-0.25, -0.2) is 0 Å². The van der Waals surface area contributed by atoms with Crippen LogP contribution in [0, 0.1) is 0 Å². The lowest BCUT2D eigenvalue weighted by atomic mass is 10.0. The van der Waals surface area contributed by atoms with Crippen molar-refractivity contribution >= 4 is 17.9 Å². The fraction of sp³-hybridized carbons (Fsp3) is 0.789. The SMILES string of the molecule is CC/C=C\C/C=C\C/C=C\C/C=C\C/C=C\CCCCCCCC(=O)OC(COC(=O)CCCCCCCCCCCCC/C=C\CCCCCCCCCC)COC(=O)CCCCCCCCCCCCCCCCC. The molecule has 6 nitrogen and oxygen atoms in total. The van der Waals surface area contributed by atoms with Gasteiger partial charge in [-0.1, -0.05) is 306 Å². The highest BCUT2D eigenvalue weighted by molar-refractivity contribution is 5.71. The summed E-state index contributed by atoms with van der Waals surface area (Å²) in [7, 11) is 0. The van der Waals surface area contributed by atoms with Gasteiger partial charge in [0.25, 0.3) is 0 Å². The van der Waals surface area contributed by atoms with Crippen LogP contribution in [0.2, 0.25) is 0 Å². The maximum absolute atomic E-state index is 12.9. The number of esters is 3. The van der Waals surface area contributed by atoms with Gasteiger partial charge in [0.1, 0.15) is 13.2 Å². The maximum Gasteiger partial charge on any atom is 0.306 e. The summed E-state index contributed by atoms with van der Waals surface area (Å²) in [5.41, 5.74) is 0. The van der Waals surface area contributed by atoms with Crippen LogP contribution in [-0.2, 0) is 28.6 Å². The topological polar surface area (TPSA) is 78.9 Å². The van der Waals surface area contributed by atoms with E-state index in [4.69, 9.17) is 14.2 Å². The summed E-state index contributed by atoms with van der Waals surface area (Å²) in [6.45, 7) is 6.56. The Balaban J connectivity index is 4.36. The highest BCUT2D eigenvalue weighted by atomic mass is 16.6. The average molecular weight is 1080 g/mol. The fourth-order valence-electron chi connectivity index (χ4n) is 9.70. The van der Waals surface area contributed by atoms with Gasteiger partial charge >= 0.3 is 17.9 Å². The van der Waals surface area contributed by atoms with Crippen molar-refractivity contribution < 1.29 is 28.6 Å². The molecule has 0 aliphatic heterocycles. The summed E-state index contributed by atoms with van der Waals surface area (Å²) >= 11 is 0. The van der Waals surface area contributed by atoms with Gasteiger partial charge in [0.15, 0.2) is 6.10 Å². The van der Waals surface area contributed by atoms with Gasteiger partial charge in [-0.05, 0) is 89.9 Å². The normalized spacial score (nSPS) is 12.5. The zero-order chi connectivity index (χ0) is 55.7. The van der Waals surface area contributed by atoms with Gasteiger partial charge in [0.2, 0.25) is 0 Å². The quantitative estimate of drug-likeness (QED) is 0.0261. The van der Waals surface area contributed by atoms with E-state index in [2.05, 4.69) is 93.7 Å². The highest BCUT2D eigenvalue weighted by Crippen LogP contribution is 2.17. The summed E-state index contributed by atoms with van der Waals surface area (Å²) in [6.07, 6.45) is 84.8. The van der Waals surface area contributed by atoms with Crippen molar-refractivity contribution in [1.29, 1.82) is 0 Å². The van der Waals surface area contributed by atoms with Gasteiger partial charge in [0, 0.05) is 19.3 Å². The molecule has 0 rings (SSSR count). The molecule has 0 aromatic rings. The smallest absolute Gasteiger partial charge is 0.306 e. The molecule has 0 heterocycles. The molecule has 0 fully saturated rings. The lowest BCUT2D eigenvalue weighted by Crippen LogP contribution is -2.30. The van der Waals surface area contributed by atoms with E-state index < -0.39 is 6.10 Å². The molecule has 1 atom stereocenters. The predicted octanol–water partition coefficient (Wildman–Crippen LogP) is 22.9. The van der Waals surface area contributed by atoms with E-state index in [9.17, 15) is 14.4 Å². The molecule has 6 heteroatoms. The summed E-state index contributed by atoms with van der Waals surface area (Å²) in [5.74, 6) is -0.881. The van der Waals surface area contributed by atoms with Crippen LogP contribution in [0.1, 0.15) is 342 Å². The molecule has 0 amide bonds. The molecule has 0 spiro atoms. The van der Waals surface area contributed by atoms with Crippen molar-refractivity contribution in [2.45, 2.75) is 348 Å². The van der Waals surface area contributed by atoms with Gasteiger partial charge in [-0.3, -0.25) is 14.4 Å². The Morgan fingerprint density at radius 1 is 0.273 bits per heavy atom. The van der Waals surface area contributed by atoms with E-state index in [0.29, 0.717) is 19.3 Å². The van der Waals surface area contributed by atoms with Gasteiger partial charge in [-0.15, -0.1) is 0 Å². The van der Waals surface area contributed by atoms with Crippen molar-refractivity contribution in [2.75, 3.05) is 13.2 Å². The Hall–Kier alpha value is -3.15. The van der Waals surface area contributed by atoms with E-state index in [1.54, 1.807) is 0 Å². The molecule has 0 saturated carbocycles. The van der Waals surface area contributed by atoms with Crippen LogP contribution in [0.15, 0.2) is 72.9 Å². The second-order valence-electron chi connectivity index (χ2n) is 22.4. The number of unbranched alkanes of at least 4 members (excludes halogenated alkanes) is 38. The number of hydrogen-bond donors (Lipinski definition) is 0. The summed E-state index contributed by atoms with van der Waals surface area (Å²) in [4.78, 5) is 38.4. The minimum absolute atomic E-state index is 0.0802. The number of hydrogen-bond acceptors (Lipinski definition) is 6. The fourth-order valence-corrected chi connectivity index (χ4v) is 9.70. The first-order valence-corrected chi connectivity index (χ1v) is 33.4. The molecule has 1 unspecified atom stereocenters. The molecular formula is C71H126O6. The van der Waals surface area contributed by atoms with Crippen LogP contribution in [-0.4, -0.2) is 37.2 Å². The highest BCUT2D eigenvalue weighted by Gasteiger charge is 2.19. The molecule has 0 saturated heterocycles. The second kappa shape index (κ2) is 65.4. The van der Waals surface area contributed by atoms with Gasteiger partial charge in [0.05, 0.1) is 0 Å². The van der Waals surface area contributed by atoms with Gasteiger partial charge in [-0.2, -0.15) is 0 Å². The van der Waals surface area contributed by atoms with E-state index >= 15 is 0 Å². The molecule has 0 aliphatic carbocycles. The molecule has 446 valence electrons. The van der Waals surface area contributed by atoms with E-state index in [0.717, 1.165) is 109 Å². The van der Waals surface area contributed by atoms with Crippen LogP contribution in [0.3, 0.4) is 0 Å². The Morgan fingerprint density at radius 3 is 0.805 bits per heavy atom. The van der Waals surface area contributed by atoms with Crippen LogP contribution in [0.5, 0.6) is 0 Å². The number of rotatable bonds is 61.